The molecule has 0 unspecified atom stereocenters. The monoisotopic (exact) mass is 318 g/mol. The van der Waals surface area contributed by atoms with Crippen molar-refractivity contribution in [3.05, 3.63) is 29.6 Å². The van der Waals surface area contributed by atoms with Crippen LogP contribution in [0.25, 0.3) is 0 Å². The first-order chi connectivity index (χ1) is 9.66. The highest BCUT2D eigenvalue weighted by Gasteiger charge is 2.39. The summed E-state index contributed by atoms with van der Waals surface area (Å²) >= 11 is 12.5. The predicted molar refractivity (Wildman–Crippen MR) is 82.5 cm³/mol. The molecule has 0 aliphatic heterocycles. The van der Waals surface area contributed by atoms with E-state index < -0.39 is 0 Å². The molecule has 0 aromatic heterocycles. The fourth-order valence-electron chi connectivity index (χ4n) is 3.26. The summed E-state index contributed by atoms with van der Waals surface area (Å²) in [6.07, 6.45) is 5.31. The van der Waals surface area contributed by atoms with Crippen molar-refractivity contribution < 1.29 is 9.13 Å². The van der Waals surface area contributed by atoms with Crippen LogP contribution < -0.4 is 4.74 Å². The number of alkyl halides is 2. The SMILES string of the molecule is COc1cccc(CC(CCl)(CCl)C2CCCC2)c1F. The van der Waals surface area contributed by atoms with Crippen molar-refractivity contribution in [1.29, 1.82) is 0 Å². The van der Waals surface area contributed by atoms with Gasteiger partial charge in [0.2, 0.25) is 0 Å². The molecule has 0 heterocycles. The molecule has 0 radical (unpaired) electrons. The summed E-state index contributed by atoms with van der Waals surface area (Å²) in [5, 5.41) is 0. The number of benzene rings is 1. The average Bonchev–Trinajstić information content (AvgIpc) is 3.01. The van der Waals surface area contributed by atoms with Gasteiger partial charge in [0, 0.05) is 17.2 Å². The summed E-state index contributed by atoms with van der Waals surface area (Å²) in [5.74, 6) is 1.43. The molecule has 0 amide bonds. The Morgan fingerprint density at radius 2 is 1.90 bits per heavy atom. The topological polar surface area (TPSA) is 9.23 Å². The molecular weight excluding hydrogens is 298 g/mol. The molecule has 4 heteroatoms. The second-order valence-electron chi connectivity index (χ2n) is 5.72. The third-order valence-corrected chi connectivity index (χ3v) is 5.62. The van der Waals surface area contributed by atoms with Crippen molar-refractivity contribution in [2.45, 2.75) is 32.1 Å². The van der Waals surface area contributed by atoms with E-state index >= 15 is 0 Å². The first-order valence-corrected chi connectivity index (χ1v) is 8.17. The van der Waals surface area contributed by atoms with Crippen LogP contribution in [0.3, 0.4) is 0 Å². The third-order valence-electron chi connectivity index (χ3n) is 4.56. The second kappa shape index (κ2) is 7.00. The van der Waals surface area contributed by atoms with Gasteiger partial charge in [0.05, 0.1) is 7.11 Å². The van der Waals surface area contributed by atoms with Crippen molar-refractivity contribution in [2.24, 2.45) is 11.3 Å². The van der Waals surface area contributed by atoms with Crippen molar-refractivity contribution in [3.63, 3.8) is 0 Å². The molecule has 0 atom stereocenters. The number of hydrogen-bond donors (Lipinski definition) is 0. The number of ether oxygens (including phenoxy) is 1. The van der Waals surface area contributed by atoms with Crippen LogP contribution >= 0.6 is 23.2 Å². The maximum absolute atomic E-state index is 14.4. The Morgan fingerprint density at radius 3 is 2.45 bits per heavy atom. The minimum atomic E-state index is -0.285. The molecule has 1 aromatic carbocycles. The van der Waals surface area contributed by atoms with Crippen LogP contribution in [0.5, 0.6) is 5.75 Å². The molecular formula is C16H21Cl2FO. The van der Waals surface area contributed by atoms with E-state index in [9.17, 15) is 4.39 Å². The molecule has 20 heavy (non-hydrogen) atoms. The molecule has 1 nitrogen and oxygen atoms in total. The molecule has 0 saturated heterocycles. The predicted octanol–water partition coefficient (Wildman–Crippen LogP) is 5.03. The van der Waals surface area contributed by atoms with Crippen molar-refractivity contribution >= 4 is 23.2 Å². The van der Waals surface area contributed by atoms with Crippen LogP contribution in [0.4, 0.5) is 4.39 Å². The van der Waals surface area contributed by atoms with Crippen molar-refractivity contribution in [1.82, 2.24) is 0 Å². The van der Waals surface area contributed by atoms with E-state index in [1.54, 1.807) is 12.1 Å². The zero-order valence-corrected chi connectivity index (χ0v) is 13.3. The summed E-state index contributed by atoms with van der Waals surface area (Å²) in [7, 11) is 1.48. The zero-order valence-electron chi connectivity index (χ0n) is 11.8. The molecule has 1 aromatic rings. The van der Waals surface area contributed by atoms with E-state index in [0.29, 0.717) is 29.7 Å². The highest BCUT2D eigenvalue weighted by molar-refractivity contribution is 6.21. The Bertz CT molecular complexity index is 440. The number of hydrogen-bond acceptors (Lipinski definition) is 1. The van der Waals surface area contributed by atoms with E-state index in [0.717, 1.165) is 12.8 Å². The van der Waals surface area contributed by atoms with Gasteiger partial charge in [-0.05, 0) is 36.8 Å². The van der Waals surface area contributed by atoms with Gasteiger partial charge >= 0.3 is 0 Å². The van der Waals surface area contributed by atoms with Gasteiger partial charge in [-0.15, -0.1) is 23.2 Å². The van der Waals surface area contributed by atoms with E-state index in [-0.39, 0.29) is 17.0 Å². The zero-order chi connectivity index (χ0) is 14.6. The molecule has 1 saturated carbocycles. The largest absolute Gasteiger partial charge is 0.494 e. The van der Waals surface area contributed by atoms with Gasteiger partial charge in [-0.3, -0.25) is 0 Å². The van der Waals surface area contributed by atoms with E-state index in [1.807, 2.05) is 6.07 Å². The van der Waals surface area contributed by atoms with Crippen molar-refractivity contribution in [2.75, 3.05) is 18.9 Å². The van der Waals surface area contributed by atoms with Gasteiger partial charge in [0.1, 0.15) is 0 Å². The lowest BCUT2D eigenvalue weighted by Gasteiger charge is -2.36. The van der Waals surface area contributed by atoms with Gasteiger partial charge in [-0.1, -0.05) is 25.0 Å². The number of halogens is 3. The molecule has 0 N–H and O–H groups in total. The van der Waals surface area contributed by atoms with E-state index in [4.69, 9.17) is 27.9 Å². The maximum atomic E-state index is 14.4. The standard InChI is InChI=1S/C16H21Cl2FO/c1-20-14-8-4-5-12(15(14)19)9-16(10-17,11-18)13-6-2-3-7-13/h4-5,8,13H,2-3,6-7,9-11H2,1H3. The molecule has 1 fully saturated rings. The quantitative estimate of drug-likeness (QED) is 0.668. The molecule has 1 aliphatic carbocycles. The lowest BCUT2D eigenvalue weighted by atomic mass is 9.73. The van der Waals surface area contributed by atoms with Crippen LogP contribution in [0.1, 0.15) is 31.2 Å². The van der Waals surface area contributed by atoms with Crippen LogP contribution in [0.15, 0.2) is 18.2 Å². The lowest BCUT2D eigenvalue weighted by Crippen LogP contribution is -2.36. The van der Waals surface area contributed by atoms with Gasteiger partial charge < -0.3 is 4.74 Å². The van der Waals surface area contributed by atoms with Crippen LogP contribution in [0.2, 0.25) is 0 Å². The molecule has 0 spiro atoms. The van der Waals surface area contributed by atoms with E-state index in [2.05, 4.69) is 0 Å². The third kappa shape index (κ3) is 3.07. The summed E-state index contributed by atoms with van der Waals surface area (Å²) < 4.78 is 19.4. The summed E-state index contributed by atoms with van der Waals surface area (Å²) in [5.41, 5.74) is 0.435. The summed E-state index contributed by atoms with van der Waals surface area (Å²) in [4.78, 5) is 0. The highest BCUT2D eigenvalue weighted by Crippen LogP contribution is 2.44. The normalized spacial score (nSPS) is 16.6. The molecule has 1 aliphatic rings. The minimum absolute atomic E-state index is 0.215. The fourth-order valence-corrected chi connectivity index (χ4v) is 4.17. The smallest absolute Gasteiger partial charge is 0.168 e. The second-order valence-corrected chi connectivity index (χ2v) is 6.26. The van der Waals surface area contributed by atoms with Crippen molar-refractivity contribution in [3.8, 4) is 5.75 Å². The summed E-state index contributed by atoms with van der Waals surface area (Å²) in [6.45, 7) is 0. The average molecular weight is 319 g/mol. The lowest BCUT2D eigenvalue weighted by molar-refractivity contribution is 0.222. The Labute approximate surface area is 130 Å². The highest BCUT2D eigenvalue weighted by atomic mass is 35.5. The molecule has 2 rings (SSSR count). The molecule has 112 valence electrons. The number of rotatable bonds is 6. The Balaban J connectivity index is 2.28. The number of methoxy groups -OCH3 is 1. The fraction of sp³-hybridized carbons (Fsp3) is 0.625. The van der Waals surface area contributed by atoms with Gasteiger partial charge in [-0.25, -0.2) is 4.39 Å². The molecule has 0 bridgehead atoms. The first-order valence-electron chi connectivity index (χ1n) is 7.10. The Hall–Kier alpha value is -0.470. The first kappa shape index (κ1) is 15.9. The summed E-state index contributed by atoms with van der Waals surface area (Å²) in [6, 6.07) is 5.26. The van der Waals surface area contributed by atoms with E-state index in [1.165, 1.54) is 20.0 Å². The maximum Gasteiger partial charge on any atom is 0.168 e. The van der Waals surface area contributed by atoms with Crippen LogP contribution in [0, 0.1) is 17.2 Å². The van der Waals surface area contributed by atoms with Crippen LogP contribution in [-0.2, 0) is 6.42 Å². The van der Waals surface area contributed by atoms with Gasteiger partial charge in [0.15, 0.2) is 11.6 Å². The van der Waals surface area contributed by atoms with Gasteiger partial charge in [-0.2, -0.15) is 0 Å². The van der Waals surface area contributed by atoms with Gasteiger partial charge in [0.25, 0.3) is 0 Å². The minimum Gasteiger partial charge on any atom is -0.494 e. The van der Waals surface area contributed by atoms with Crippen LogP contribution in [-0.4, -0.2) is 18.9 Å². The Morgan fingerprint density at radius 1 is 1.25 bits per heavy atom. The Kier molecular flexibility index (Phi) is 5.57.